The van der Waals surface area contributed by atoms with Gasteiger partial charge in [-0.25, -0.2) is 4.90 Å². The lowest BCUT2D eigenvalue weighted by atomic mass is 9.82. The Hall–Kier alpha value is -3.06. The second-order valence-corrected chi connectivity index (χ2v) is 12.9. The quantitative estimate of drug-likeness (QED) is 0.225. The van der Waals surface area contributed by atoms with Gasteiger partial charge in [0.25, 0.3) is 0 Å². The molecule has 2 aliphatic heterocycles. The predicted octanol–water partition coefficient (Wildman–Crippen LogP) is 7.25. The third-order valence-electron chi connectivity index (χ3n) is 6.87. The third-order valence-corrected chi connectivity index (χ3v) is 10.0. The first-order valence-electron chi connectivity index (χ1n) is 12.1. The SMILES string of the molecule is O=C1C2Sc3[nH]c(=O)sc3C(c3cc(Br)ccc3OCc3ccc(Cl)cc3)C2C(=O)N1c1cccc(C(F)(F)F)c1. The number of carbonyl (C=O) groups excluding carboxylic acids is 2. The Morgan fingerprint density at radius 1 is 1.00 bits per heavy atom. The van der Waals surface area contributed by atoms with Crippen LogP contribution < -0.4 is 14.5 Å². The van der Waals surface area contributed by atoms with Gasteiger partial charge in [-0.05, 0) is 54.1 Å². The molecule has 1 saturated heterocycles. The summed E-state index contributed by atoms with van der Waals surface area (Å²) < 4.78 is 47.2. The Labute approximate surface area is 252 Å². The number of aromatic amines is 1. The van der Waals surface area contributed by atoms with Crippen molar-refractivity contribution in [2.75, 3.05) is 4.90 Å². The van der Waals surface area contributed by atoms with Crippen LogP contribution in [0.2, 0.25) is 5.02 Å². The minimum absolute atomic E-state index is 0.158. The first-order valence-corrected chi connectivity index (χ1v) is 15.0. The van der Waals surface area contributed by atoms with Gasteiger partial charge in [0.15, 0.2) is 0 Å². The van der Waals surface area contributed by atoms with Crippen LogP contribution in [0.15, 0.2) is 81.0 Å². The number of ether oxygens (including phenoxy) is 1. The van der Waals surface area contributed by atoms with Crippen molar-refractivity contribution < 1.29 is 27.5 Å². The minimum Gasteiger partial charge on any atom is -0.489 e. The van der Waals surface area contributed by atoms with Crippen molar-refractivity contribution in [2.24, 2.45) is 5.92 Å². The molecule has 210 valence electrons. The van der Waals surface area contributed by atoms with Crippen molar-refractivity contribution in [3.8, 4) is 5.75 Å². The average Bonchev–Trinajstić information content (AvgIpc) is 3.42. The molecule has 1 N–H and O–H groups in total. The summed E-state index contributed by atoms with van der Waals surface area (Å²) in [5.74, 6) is -2.63. The Morgan fingerprint density at radius 2 is 1.76 bits per heavy atom. The van der Waals surface area contributed by atoms with Gasteiger partial charge in [-0.2, -0.15) is 13.2 Å². The highest BCUT2D eigenvalue weighted by Crippen LogP contribution is 2.55. The number of anilines is 1. The zero-order chi connectivity index (χ0) is 29.1. The lowest BCUT2D eigenvalue weighted by Gasteiger charge is -2.31. The number of hydrogen-bond donors (Lipinski definition) is 1. The van der Waals surface area contributed by atoms with E-state index in [1.165, 1.54) is 6.07 Å². The molecule has 0 aliphatic carbocycles. The number of hydrogen-bond acceptors (Lipinski definition) is 6. The highest BCUT2D eigenvalue weighted by Gasteiger charge is 2.57. The van der Waals surface area contributed by atoms with Gasteiger partial charge in [0.1, 0.15) is 17.6 Å². The normalized spacial score (nSPS) is 20.2. The van der Waals surface area contributed by atoms with Gasteiger partial charge in [-0.15, -0.1) is 0 Å². The lowest BCUT2D eigenvalue weighted by Crippen LogP contribution is -2.32. The molecule has 2 amide bonds. The molecule has 1 aromatic heterocycles. The van der Waals surface area contributed by atoms with Crippen LogP contribution in [0.3, 0.4) is 0 Å². The number of amides is 2. The molecule has 4 aromatic rings. The number of rotatable bonds is 5. The summed E-state index contributed by atoms with van der Waals surface area (Å²) in [6.45, 7) is 0.181. The van der Waals surface area contributed by atoms with Crippen molar-refractivity contribution in [3.63, 3.8) is 0 Å². The Kier molecular flexibility index (Phi) is 7.29. The summed E-state index contributed by atoms with van der Waals surface area (Å²) >= 11 is 11.4. The largest absolute Gasteiger partial charge is 0.489 e. The van der Waals surface area contributed by atoms with E-state index in [1.54, 1.807) is 30.3 Å². The van der Waals surface area contributed by atoms with E-state index in [2.05, 4.69) is 20.9 Å². The molecule has 41 heavy (non-hydrogen) atoms. The number of benzene rings is 3. The number of fused-ring (bicyclic) bond motifs is 2. The van der Waals surface area contributed by atoms with Crippen LogP contribution in [0.4, 0.5) is 18.9 Å². The van der Waals surface area contributed by atoms with Gasteiger partial charge in [-0.3, -0.25) is 14.4 Å². The maximum absolute atomic E-state index is 14.0. The van der Waals surface area contributed by atoms with Gasteiger partial charge in [-0.1, -0.05) is 68.8 Å². The van der Waals surface area contributed by atoms with E-state index in [4.69, 9.17) is 16.3 Å². The Balaban J connectivity index is 1.43. The number of carbonyl (C=O) groups is 2. The van der Waals surface area contributed by atoms with Gasteiger partial charge in [0, 0.05) is 25.9 Å². The van der Waals surface area contributed by atoms with E-state index in [9.17, 15) is 27.6 Å². The monoisotopic (exact) mass is 680 g/mol. The second kappa shape index (κ2) is 10.6. The van der Waals surface area contributed by atoms with E-state index in [1.807, 2.05) is 12.1 Å². The second-order valence-electron chi connectivity index (χ2n) is 9.41. The first kappa shape index (κ1) is 28.1. The molecule has 3 aromatic carbocycles. The molecular formula is C28H17BrClF3N2O4S2. The molecule has 13 heteroatoms. The number of thiazole rings is 1. The van der Waals surface area contributed by atoms with Crippen LogP contribution in [0.1, 0.15) is 27.5 Å². The van der Waals surface area contributed by atoms with Gasteiger partial charge in [0.2, 0.25) is 11.8 Å². The molecule has 0 saturated carbocycles. The van der Waals surface area contributed by atoms with E-state index >= 15 is 0 Å². The molecule has 1 fully saturated rings. The lowest BCUT2D eigenvalue weighted by molar-refractivity contribution is -0.137. The molecule has 0 bridgehead atoms. The average molecular weight is 682 g/mol. The third kappa shape index (κ3) is 5.22. The fourth-order valence-electron chi connectivity index (χ4n) is 5.06. The highest BCUT2D eigenvalue weighted by atomic mass is 79.9. The standard InChI is InChI=1S/C28H17BrClF3N2O4S2/c29-15-6-9-19(39-12-13-4-7-16(30)8-5-13)18(11-15)20-21-23(40-24-22(20)41-27(38)34-24)26(37)35(25(21)36)17-3-1-2-14(10-17)28(31,32)33/h1-11,20-21,23H,12H2,(H,34,38). The topological polar surface area (TPSA) is 79.5 Å². The molecule has 3 unspecified atom stereocenters. The fourth-order valence-corrected chi connectivity index (χ4v) is 8.07. The number of alkyl halides is 3. The number of nitrogens with one attached hydrogen (secondary N) is 1. The first-order chi connectivity index (χ1) is 19.5. The number of H-pyrrole nitrogens is 1. The zero-order valence-corrected chi connectivity index (χ0v) is 24.6. The van der Waals surface area contributed by atoms with Crippen molar-refractivity contribution in [1.82, 2.24) is 4.98 Å². The molecule has 0 spiro atoms. The highest BCUT2D eigenvalue weighted by molar-refractivity contribution is 9.10. The van der Waals surface area contributed by atoms with Crippen molar-refractivity contribution in [3.05, 3.63) is 107 Å². The fraction of sp³-hybridized carbons (Fsp3) is 0.179. The zero-order valence-electron chi connectivity index (χ0n) is 20.6. The van der Waals surface area contributed by atoms with Crippen LogP contribution in [0, 0.1) is 5.92 Å². The van der Waals surface area contributed by atoms with E-state index in [0.29, 0.717) is 30.7 Å². The van der Waals surface area contributed by atoms with Crippen LogP contribution in [-0.2, 0) is 22.4 Å². The Bertz CT molecular complexity index is 1740. The number of aromatic nitrogens is 1. The molecule has 3 atom stereocenters. The summed E-state index contributed by atoms with van der Waals surface area (Å²) in [5.41, 5.74) is 0.277. The smallest absolute Gasteiger partial charge is 0.416 e. The number of imide groups is 1. The number of halogens is 5. The van der Waals surface area contributed by atoms with Gasteiger partial charge in [0.05, 0.1) is 22.2 Å². The Morgan fingerprint density at radius 3 is 2.49 bits per heavy atom. The number of nitrogens with zero attached hydrogens (tertiary/aromatic N) is 1. The van der Waals surface area contributed by atoms with Crippen LogP contribution in [-0.4, -0.2) is 22.0 Å². The summed E-state index contributed by atoms with van der Waals surface area (Å²) in [6.07, 6.45) is -4.65. The maximum Gasteiger partial charge on any atom is 0.416 e. The molecule has 2 aliphatic rings. The minimum atomic E-state index is -4.65. The molecule has 6 rings (SSSR count). The molecule has 3 heterocycles. The van der Waals surface area contributed by atoms with Crippen molar-refractivity contribution in [2.45, 2.75) is 29.0 Å². The van der Waals surface area contributed by atoms with Crippen molar-refractivity contribution >= 4 is 68.1 Å². The van der Waals surface area contributed by atoms with E-state index in [-0.39, 0.29) is 17.2 Å². The van der Waals surface area contributed by atoms with Gasteiger partial charge >= 0.3 is 11.0 Å². The van der Waals surface area contributed by atoms with E-state index in [0.717, 1.165) is 51.8 Å². The summed E-state index contributed by atoms with van der Waals surface area (Å²) in [7, 11) is 0. The van der Waals surface area contributed by atoms with Crippen molar-refractivity contribution in [1.29, 1.82) is 0 Å². The predicted molar refractivity (Wildman–Crippen MR) is 154 cm³/mol. The van der Waals surface area contributed by atoms with Gasteiger partial charge < -0.3 is 9.72 Å². The molecule has 6 nitrogen and oxygen atoms in total. The van der Waals surface area contributed by atoms with Crippen LogP contribution in [0.5, 0.6) is 5.75 Å². The molecular weight excluding hydrogens is 665 g/mol. The summed E-state index contributed by atoms with van der Waals surface area (Å²) in [4.78, 5) is 43.9. The summed E-state index contributed by atoms with van der Waals surface area (Å²) in [5, 5.41) is 0.0540. The molecule has 0 radical (unpaired) electrons. The van der Waals surface area contributed by atoms with Crippen LogP contribution >= 0.6 is 50.6 Å². The maximum atomic E-state index is 14.0. The number of thioether (sulfide) groups is 1. The summed E-state index contributed by atoms with van der Waals surface area (Å²) in [6, 6.07) is 16.5. The van der Waals surface area contributed by atoms with E-state index < -0.39 is 40.6 Å². The van der Waals surface area contributed by atoms with Crippen LogP contribution in [0.25, 0.3) is 0 Å².